The van der Waals surface area contributed by atoms with Crippen molar-refractivity contribution in [3.63, 3.8) is 0 Å². The van der Waals surface area contributed by atoms with Crippen molar-refractivity contribution in [3.8, 4) is 40.6 Å². The van der Waals surface area contributed by atoms with E-state index in [9.17, 15) is 9.59 Å². The number of hydrogen-bond donors (Lipinski definition) is 3. The predicted molar refractivity (Wildman–Crippen MR) is 359 cm³/mol. The Morgan fingerprint density at radius 3 is 1.29 bits per heavy atom. The predicted octanol–water partition coefficient (Wildman–Crippen LogP) is 13.0. The van der Waals surface area contributed by atoms with Crippen molar-refractivity contribution in [3.05, 3.63) is 175 Å². The van der Waals surface area contributed by atoms with Gasteiger partial charge in [0.1, 0.15) is 34.5 Å². The first kappa shape index (κ1) is 64.8. The van der Waals surface area contributed by atoms with Crippen LogP contribution in [0, 0.1) is 27.6 Å². The normalized spacial score (nSPS) is 29.2. The van der Waals surface area contributed by atoms with Gasteiger partial charge in [0.05, 0.1) is 29.9 Å². The monoisotopic (exact) mass is 1330 g/mol. The van der Waals surface area contributed by atoms with Crippen molar-refractivity contribution < 1.29 is 42.8 Å². The van der Waals surface area contributed by atoms with Crippen LogP contribution in [0.3, 0.4) is 0 Å². The first-order valence-electron chi connectivity index (χ1n) is 31.9. The maximum atomic E-state index is 13.7. The maximum absolute atomic E-state index is 13.7. The number of rotatable bonds is 9. The fraction of sp³-hybridized carbons (Fsp3) is 0.417. The second-order valence-electron chi connectivity index (χ2n) is 26.4. The number of ether oxygens (including phenoxy) is 6. The number of benzene rings is 6. The van der Waals surface area contributed by atoms with Crippen LogP contribution in [0.25, 0.3) is 0 Å². The third kappa shape index (κ3) is 10.9. The van der Waals surface area contributed by atoms with Gasteiger partial charge in [0.2, 0.25) is 11.7 Å². The minimum atomic E-state index is -1.04. The molecule has 15 rings (SSSR count). The molecule has 490 valence electrons. The molecule has 94 heavy (non-hydrogen) atoms. The number of likely N-dealkylation sites (N-methyl/N-ethyl adjacent to an activating group) is 2. The number of fused-ring (bicyclic) bond motifs is 9. The third-order valence-corrected chi connectivity index (χ3v) is 22.2. The fourth-order valence-electron chi connectivity index (χ4n) is 16.7. The van der Waals surface area contributed by atoms with E-state index in [0.29, 0.717) is 61.4 Å². The number of guanidine groups is 3. The molecule has 3 atom stereocenters. The number of aliphatic imine (C=N–C) groups is 3. The largest absolute Gasteiger partial charge is 0.457 e. The molecular weight excluding hydrogens is 1260 g/mol. The molecule has 0 radical (unpaired) electrons. The van der Waals surface area contributed by atoms with Crippen molar-refractivity contribution >= 4 is 64.5 Å². The van der Waals surface area contributed by atoms with Crippen LogP contribution < -0.4 is 31.4 Å². The first-order chi connectivity index (χ1) is 45.1. The number of nitrogens with zero attached hydrogens (tertiary/aromatic N) is 7. The topological polar surface area (TPSA) is 247 Å². The van der Waals surface area contributed by atoms with Crippen LogP contribution in [0.5, 0.6) is 34.5 Å². The van der Waals surface area contributed by atoms with E-state index < -0.39 is 16.8 Å². The van der Waals surface area contributed by atoms with Gasteiger partial charge in [0, 0.05) is 79.3 Å². The minimum Gasteiger partial charge on any atom is -0.457 e. The van der Waals surface area contributed by atoms with Crippen molar-refractivity contribution in [1.29, 1.82) is 5.26 Å². The molecule has 0 bridgehead atoms. The van der Waals surface area contributed by atoms with E-state index >= 15 is 0 Å². The average molecular weight is 1330 g/mol. The Kier molecular flexibility index (Phi) is 17.2. The Bertz CT molecular complexity index is 4100. The lowest BCUT2D eigenvalue weighted by Crippen LogP contribution is -2.51. The number of carbonyl (C=O) groups excluding carboxylic acids is 2. The zero-order chi connectivity index (χ0) is 66.1. The quantitative estimate of drug-likeness (QED) is 0.122. The summed E-state index contributed by atoms with van der Waals surface area (Å²) in [6.07, 6.45) is 14.0. The molecule has 0 aromatic heterocycles. The number of nitrogens with two attached hydrogens (primary N) is 3. The van der Waals surface area contributed by atoms with Gasteiger partial charge in [-0.05, 0) is 215 Å². The highest BCUT2D eigenvalue weighted by molar-refractivity contribution is 6.34. The number of methoxy groups -OCH3 is 3. The van der Waals surface area contributed by atoms with E-state index in [1.54, 1.807) is 83.0 Å². The van der Waals surface area contributed by atoms with Gasteiger partial charge in [-0.15, -0.1) is 0 Å². The molecule has 6 aliphatic carbocycles. The van der Waals surface area contributed by atoms with Gasteiger partial charge in [-0.1, -0.05) is 65.1 Å². The molecular formula is C72H77Cl3N10O9. The molecule has 6 aromatic rings. The van der Waals surface area contributed by atoms with E-state index in [0.717, 1.165) is 130 Å². The Balaban J connectivity index is 0.000000128. The van der Waals surface area contributed by atoms with Crippen molar-refractivity contribution in [2.24, 2.45) is 48.4 Å². The summed E-state index contributed by atoms with van der Waals surface area (Å²) in [7, 11) is 10.5. The van der Waals surface area contributed by atoms with Crippen LogP contribution in [0.2, 0.25) is 15.1 Å². The summed E-state index contributed by atoms with van der Waals surface area (Å²) in [6.45, 7) is 0. The van der Waals surface area contributed by atoms with Crippen LogP contribution in [0.15, 0.2) is 136 Å². The number of nitriles is 1. The highest BCUT2D eigenvalue weighted by Crippen LogP contribution is 2.65. The summed E-state index contributed by atoms with van der Waals surface area (Å²) in [6, 6.07) is 39.5. The Labute approximate surface area is 562 Å². The van der Waals surface area contributed by atoms with Crippen LogP contribution in [0.4, 0.5) is 0 Å². The second kappa shape index (κ2) is 25.0. The lowest BCUT2D eigenvalue weighted by molar-refractivity contribution is -0.232. The third-order valence-electron chi connectivity index (χ3n) is 21.5. The molecule has 6 spiro atoms. The molecule has 3 unspecified atom stereocenters. The standard InChI is InChI=1S/C25H26N4O3.C24H25Cl2N3O3.C23H26ClN3O3/c1-29-22(30)25(28-23(29)27)21-13-20(32-19-5-3-4-16(12-19)15-26)7-6-17(21)14-24(25)10-8-18(31-2)9-11-24;1-29-21(30)24(28-22(29)27)20-12-18(32-19-10-15(25)9-16(26)11-19)4-3-14(20)13-23(24)7-5-17(31-2)6-8-23;1-27-21(25)26-23(30-27)20-13-19(29-18-5-3-4-16(24)12-18)7-6-15(20)14-22(23)10-8-17(28-2)9-11-22/h3-7,12-13,18H,8-11,14H2,1-2H3,(H2,27,28);3-4,9-12,17H,5-8,13H2,1-2H3,(H2,27,28);3-7,12-13,17H,8-11,14H2,1-2H3,(H2,25,26). The van der Waals surface area contributed by atoms with Crippen LogP contribution in [-0.2, 0) is 64.7 Å². The molecule has 0 saturated heterocycles. The molecule has 19 nitrogen and oxygen atoms in total. The molecule has 3 aliphatic heterocycles. The van der Waals surface area contributed by atoms with Crippen molar-refractivity contribution in [2.45, 2.75) is 131 Å². The fourth-order valence-corrected chi connectivity index (χ4v) is 17.4. The van der Waals surface area contributed by atoms with Gasteiger partial charge in [-0.3, -0.25) is 19.4 Å². The highest BCUT2D eigenvalue weighted by atomic mass is 35.5. The summed E-state index contributed by atoms with van der Waals surface area (Å²) in [5.41, 5.74) is 21.6. The number of carbonyl (C=O) groups is 2. The summed E-state index contributed by atoms with van der Waals surface area (Å²) in [5, 5.41) is 12.4. The molecule has 3 heterocycles. The number of hydrogen-bond acceptors (Lipinski definition) is 17. The van der Waals surface area contributed by atoms with E-state index in [1.807, 2.05) is 79.8 Å². The lowest BCUT2D eigenvalue weighted by Gasteiger charge is -2.45. The summed E-state index contributed by atoms with van der Waals surface area (Å²) in [4.78, 5) is 51.4. The molecule has 6 aromatic carbocycles. The number of amides is 2. The second-order valence-corrected chi connectivity index (χ2v) is 27.7. The SMILES string of the molecule is COC1CCC2(CC1)Cc1ccc(Oc3cc(Cl)cc(Cl)c3)cc1C21N=C(N)N(C)C1=O.COC1CCC2(CC1)Cc1ccc(Oc3cccc(C#N)c3)cc1C21N=C(N)N(C)C1=O.COC1CCC2(CC1)Cc1ccc(Oc3cccc(Cl)c3)cc1C21N=C(N)N(C)O1. The van der Waals surface area contributed by atoms with E-state index in [4.69, 9.17) is 106 Å². The lowest BCUT2D eigenvalue weighted by atomic mass is 9.61. The van der Waals surface area contributed by atoms with E-state index in [1.165, 1.54) is 15.4 Å². The molecule has 3 saturated carbocycles. The Hall–Kier alpha value is -7.93. The van der Waals surface area contributed by atoms with Gasteiger partial charge in [0.15, 0.2) is 23.0 Å². The number of halogens is 3. The Morgan fingerprint density at radius 1 is 0.479 bits per heavy atom. The molecule has 3 fully saturated rings. The van der Waals surface area contributed by atoms with Gasteiger partial charge in [-0.25, -0.2) is 24.9 Å². The van der Waals surface area contributed by atoms with Crippen molar-refractivity contribution in [2.75, 3.05) is 42.5 Å². The average Bonchev–Trinajstić information content (AvgIpc) is 1.54. The van der Waals surface area contributed by atoms with Gasteiger partial charge in [-0.2, -0.15) is 5.26 Å². The molecule has 22 heteroatoms. The summed E-state index contributed by atoms with van der Waals surface area (Å²) < 4.78 is 35.1. The first-order valence-corrected chi connectivity index (χ1v) is 33.1. The van der Waals surface area contributed by atoms with Gasteiger partial charge in [0.25, 0.3) is 11.8 Å². The summed E-state index contributed by atoms with van der Waals surface area (Å²) >= 11 is 18.4. The highest BCUT2D eigenvalue weighted by Gasteiger charge is 2.68. The molecule has 2 amide bonds. The van der Waals surface area contributed by atoms with E-state index in [-0.39, 0.29) is 52.2 Å². The van der Waals surface area contributed by atoms with Crippen molar-refractivity contribution in [1.82, 2.24) is 14.9 Å². The van der Waals surface area contributed by atoms with Crippen LogP contribution >= 0.6 is 34.8 Å². The maximum Gasteiger partial charge on any atom is 0.262 e. The van der Waals surface area contributed by atoms with E-state index in [2.05, 4.69) is 12.1 Å². The molecule has 6 N–H and O–H groups in total. The zero-order valence-electron chi connectivity index (χ0n) is 53.6. The minimum absolute atomic E-state index is 0.0757. The Morgan fingerprint density at radius 2 is 0.872 bits per heavy atom. The van der Waals surface area contributed by atoms with Crippen LogP contribution in [-0.4, -0.2) is 105 Å². The van der Waals surface area contributed by atoms with Gasteiger partial charge >= 0.3 is 0 Å². The van der Waals surface area contributed by atoms with Crippen LogP contribution in [0.1, 0.15) is 116 Å². The smallest absolute Gasteiger partial charge is 0.262 e. The molecule has 9 aliphatic rings. The van der Waals surface area contributed by atoms with Gasteiger partial charge < -0.3 is 45.6 Å². The summed E-state index contributed by atoms with van der Waals surface area (Å²) in [5.74, 6) is 4.48. The number of hydroxylamine groups is 2. The zero-order valence-corrected chi connectivity index (χ0v) is 55.8.